The van der Waals surface area contributed by atoms with Gasteiger partial charge in [0.25, 0.3) is 11.8 Å². The van der Waals surface area contributed by atoms with Gasteiger partial charge in [-0.25, -0.2) is 8.42 Å². The van der Waals surface area contributed by atoms with Gasteiger partial charge >= 0.3 is 0 Å². The molecule has 3 heterocycles. The number of aromatic nitrogens is 2. The largest absolute Gasteiger partial charge is 0.392 e. The topological polar surface area (TPSA) is 149 Å². The van der Waals surface area contributed by atoms with E-state index in [-0.39, 0.29) is 31.2 Å². The molecule has 1 saturated carbocycles. The molecule has 190 valence electrons. The lowest BCUT2D eigenvalue weighted by atomic mass is 10.0. The van der Waals surface area contributed by atoms with Gasteiger partial charge in [-0.15, -0.1) is 0 Å². The zero-order chi connectivity index (χ0) is 25.7. The first kappa shape index (κ1) is 24.4. The standard InChI is InChI=1S/C24H28N6O5S/c1-28-21-19(20(27-28)22(32)26-13-17-4-2-16(12-25)3-5-17)7-10-29(23(21)33)15-24(8-9-24)36(34,35)30-11-6-18(31)14-30/h2-5,18,31H,6-11,13-15H2,1H3,(H,26,32)/t18-/m1/s1. The molecule has 5 rings (SSSR count). The average Bonchev–Trinajstić information content (AvgIpc) is 3.40. The molecule has 0 spiro atoms. The van der Waals surface area contributed by atoms with E-state index in [4.69, 9.17) is 5.26 Å². The molecule has 2 fully saturated rings. The predicted molar refractivity (Wildman–Crippen MR) is 128 cm³/mol. The van der Waals surface area contributed by atoms with Crippen LogP contribution in [0.2, 0.25) is 0 Å². The van der Waals surface area contributed by atoms with E-state index in [1.807, 2.05) is 6.07 Å². The number of nitrogens with one attached hydrogen (secondary N) is 1. The monoisotopic (exact) mass is 512 g/mol. The molecular weight excluding hydrogens is 484 g/mol. The van der Waals surface area contributed by atoms with Crippen molar-refractivity contribution in [1.82, 2.24) is 24.3 Å². The SMILES string of the molecule is Cn1nc(C(=O)NCc2ccc(C#N)cc2)c2c1C(=O)N(CC1(S(=O)(=O)N3CC[C@@H](O)C3)CC1)CC2. The van der Waals surface area contributed by atoms with Crippen LogP contribution in [0.5, 0.6) is 0 Å². The van der Waals surface area contributed by atoms with Crippen LogP contribution in [0.3, 0.4) is 0 Å². The first-order chi connectivity index (χ1) is 17.1. The summed E-state index contributed by atoms with van der Waals surface area (Å²) in [7, 11) is -2.04. The molecule has 0 bridgehead atoms. The number of aliphatic hydroxyl groups excluding tert-OH is 1. The molecule has 36 heavy (non-hydrogen) atoms. The maximum Gasteiger partial charge on any atom is 0.272 e. The molecular formula is C24H28N6O5S. The zero-order valence-corrected chi connectivity index (χ0v) is 20.8. The van der Waals surface area contributed by atoms with Crippen molar-refractivity contribution in [2.45, 2.75) is 43.1 Å². The lowest BCUT2D eigenvalue weighted by molar-refractivity contribution is 0.0723. The number of hydrogen-bond donors (Lipinski definition) is 2. The molecule has 0 unspecified atom stereocenters. The van der Waals surface area contributed by atoms with Crippen molar-refractivity contribution in [2.24, 2.45) is 7.05 Å². The minimum atomic E-state index is -3.64. The van der Waals surface area contributed by atoms with Crippen LogP contribution in [0, 0.1) is 11.3 Å². The molecule has 11 nitrogen and oxygen atoms in total. The fourth-order valence-electron chi connectivity index (χ4n) is 5.05. The van der Waals surface area contributed by atoms with E-state index < -0.39 is 26.8 Å². The van der Waals surface area contributed by atoms with Crippen LogP contribution in [0.25, 0.3) is 0 Å². The maximum atomic E-state index is 13.4. The first-order valence-electron chi connectivity index (χ1n) is 12.0. The average molecular weight is 513 g/mol. The normalized spacial score (nSPS) is 21.2. The highest BCUT2D eigenvalue weighted by Gasteiger charge is 2.59. The summed E-state index contributed by atoms with van der Waals surface area (Å²) in [6, 6.07) is 8.93. The van der Waals surface area contributed by atoms with Crippen molar-refractivity contribution >= 4 is 21.8 Å². The number of aryl methyl sites for hydroxylation is 1. The summed E-state index contributed by atoms with van der Waals surface area (Å²) in [6.45, 7) is 1.04. The van der Waals surface area contributed by atoms with Crippen LogP contribution >= 0.6 is 0 Å². The second-order valence-electron chi connectivity index (χ2n) is 9.76. The van der Waals surface area contributed by atoms with Crippen LogP contribution < -0.4 is 5.32 Å². The van der Waals surface area contributed by atoms with Crippen molar-refractivity contribution in [3.05, 3.63) is 52.3 Å². The number of β-amino-alcohol motifs (C(OH)–C–C–N with tert-alkyl or cyclic N) is 1. The van der Waals surface area contributed by atoms with Gasteiger partial charge in [-0.05, 0) is 43.4 Å². The second-order valence-corrected chi connectivity index (χ2v) is 12.1. The van der Waals surface area contributed by atoms with Gasteiger partial charge in [0, 0.05) is 45.3 Å². The second kappa shape index (κ2) is 8.99. The first-order valence-corrected chi connectivity index (χ1v) is 13.4. The van der Waals surface area contributed by atoms with Crippen molar-refractivity contribution < 1.29 is 23.1 Å². The number of carbonyl (C=O) groups excluding carboxylic acids is 2. The Morgan fingerprint density at radius 2 is 2.00 bits per heavy atom. The summed E-state index contributed by atoms with van der Waals surface area (Å²) in [5.74, 6) is -0.730. The number of sulfonamides is 1. The fraction of sp³-hybridized carbons (Fsp3) is 0.500. The van der Waals surface area contributed by atoms with E-state index >= 15 is 0 Å². The number of hydrogen-bond acceptors (Lipinski definition) is 7. The molecule has 1 aromatic carbocycles. The summed E-state index contributed by atoms with van der Waals surface area (Å²) in [5, 5.41) is 25.8. The third kappa shape index (κ3) is 4.17. The molecule has 1 atom stereocenters. The Labute approximate surface area is 209 Å². The molecule has 1 aliphatic carbocycles. The highest BCUT2D eigenvalue weighted by molar-refractivity contribution is 7.90. The summed E-state index contributed by atoms with van der Waals surface area (Å²) in [6.07, 6.45) is 1.13. The molecule has 2 aromatic rings. The van der Waals surface area contributed by atoms with Gasteiger partial charge in [-0.1, -0.05) is 12.1 Å². The Balaban J connectivity index is 1.29. The number of rotatable bonds is 7. The molecule has 2 N–H and O–H groups in total. The van der Waals surface area contributed by atoms with Gasteiger partial charge in [0.15, 0.2) is 5.69 Å². The van der Waals surface area contributed by atoms with E-state index in [1.54, 1.807) is 36.2 Å². The van der Waals surface area contributed by atoms with Crippen LogP contribution in [0.15, 0.2) is 24.3 Å². The van der Waals surface area contributed by atoms with E-state index in [0.717, 1.165) is 5.56 Å². The fourth-order valence-corrected chi connectivity index (χ4v) is 7.25. The quantitative estimate of drug-likeness (QED) is 0.536. The number of fused-ring (bicyclic) bond motifs is 1. The number of nitriles is 1. The van der Waals surface area contributed by atoms with Crippen molar-refractivity contribution in [3.63, 3.8) is 0 Å². The van der Waals surface area contributed by atoms with Gasteiger partial charge in [-0.2, -0.15) is 14.7 Å². The lowest BCUT2D eigenvalue weighted by Crippen LogP contribution is -2.49. The van der Waals surface area contributed by atoms with Crippen molar-refractivity contribution in [1.29, 1.82) is 5.26 Å². The van der Waals surface area contributed by atoms with E-state index in [2.05, 4.69) is 10.4 Å². The third-order valence-electron chi connectivity index (χ3n) is 7.32. The van der Waals surface area contributed by atoms with Crippen LogP contribution in [0.1, 0.15) is 56.9 Å². The van der Waals surface area contributed by atoms with E-state index in [1.165, 1.54) is 8.99 Å². The van der Waals surface area contributed by atoms with Gasteiger partial charge in [0.1, 0.15) is 10.4 Å². The summed E-state index contributed by atoms with van der Waals surface area (Å²) < 4.78 is 28.3. The molecule has 2 aliphatic heterocycles. The Kier molecular flexibility index (Phi) is 6.10. The van der Waals surface area contributed by atoms with Crippen LogP contribution in [-0.2, 0) is 30.0 Å². The molecule has 0 radical (unpaired) electrons. The Morgan fingerprint density at radius 3 is 2.61 bits per heavy atom. The van der Waals surface area contributed by atoms with Crippen molar-refractivity contribution in [2.75, 3.05) is 26.2 Å². The number of nitrogens with zero attached hydrogens (tertiary/aromatic N) is 5. The highest BCUT2D eigenvalue weighted by Crippen LogP contribution is 2.47. The minimum absolute atomic E-state index is 0.0889. The smallest absolute Gasteiger partial charge is 0.272 e. The summed E-state index contributed by atoms with van der Waals surface area (Å²) >= 11 is 0. The molecule has 3 aliphatic rings. The van der Waals surface area contributed by atoms with Gasteiger partial charge < -0.3 is 15.3 Å². The Bertz CT molecular complexity index is 1360. The summed E-state index contributed by atoms with van der Waals surface area (Å²) in [5.41, 5.74) is 2.41. The summed E-state index contributed by atoms with van der Waals surface area (Å²) in [4.78, 5) is 27.8. The van der Waals surface area contributed by atoms with E-state index in [9.17, 15) is 23.1 Å². The molecule has 1 saturated heterocycles. The number of amides is 2. The van der Waals surface area contributed by atoms with Crippen LogP contribution in [-0.4, -0.2) is 81.4 Å². The minimum Gasteiger partial charge on any atom is -0.392 e. The van der Waals surface area contributed by atoms with E-state index in [0.29, 0.717) is 55.6 Å². The van der Waals surface area contributed by atoms with Crippen LogP contribution in [0.4, 0.5) is 0 Å². The van der Waals surface area contributed by atoms with Gasteiger partial charge in [0.2, 0.25) is 10.0 Å². The lowest BCUT2D eigenvalue weighted by Gasteiger charge is -2.32. The van der Waals surface area contributed by atoms with Gasteiger partial charge in [-0.3, -0.25) is 14.3 Å². The predicted octanol–water partition coefficient (Wildman–Crippen LogP) is 0.149. The number of carbonyl (C=O) groups is 2. The van der Waals surface area contributed by atoms with Crippen molar-refractivity contribution in [3.8, 4) is 6.07 Å². The highest BCUT2D eigenvalue weighted by atomic mass is 32.2. The van der Waals surface area contributed by atoms with Gasteiger partial charge in [0.05, 0.1) is 17.7 Å². The molecule has 2 amide bonds. The number of benzene rings is 1. The Hall–Kier alpha value is -3.27. The number of aliphatic hydroxyl groups is 1. The molecule has 1 aromatic heterocycles. The molecule has 12 heteroatoms. The third-order valence-corrected chi connectivity index (χ3v) is 9.96. The maximum absolute atomic E-state index is 13.4. The Morgan fingerprint density at radius 1 is 1.28 bits per heavy atom. The zero-order valence-electron chi connectivity index (χ0n) is 20.0.